The number of nitrogens with one attached hydrogen (secondary N) is 2. The maximum atomic E-state index is 13.2. The fraction of sp³-hybridized carbons (Fsp3) is 0.556. The molecule has 1 aromatic carbocycles. The van der Waals surface area contributed by atoms with Crippen LogP contribution in [-0.4, -0.2) is 50.5 Å². The van der Waals surface area contributed by atoms with Crippen molar-refractivity contribution >= 4 is 11.9 Å². The van der Waals surface area contributed by atoms with Gasteiger partial charge in [-0.3, -0.25) is 4.79 Å². The zero-order valence-electron chi connectivity index (χ0n) is 14.7. The Morgan fingerprint density at radius 3 is 2.42 bits per heavy atom. The molecule has 0 aliphatic heterocycles. The molecule has 2 rings (SSSR count). The Bertz CT molecular complexity index is 579. The Morgan fingerprint density at radius 1 is 1.25 bits per heavy atom. The molecule has 0 bridgehead atoms. The van der Waals surface area contributed by atoms with Crippen LogP contribution in [0.25, 0.3) is 0 Å². The zero-order valence-corrected chi connectivity index (χ0v) is 14.7. The number of nitrogens with zero attached hydrogens (tertiary/aromatic N) is 2. The summed E-state index contributed by atoms with van der Waals surface area (Å²) in [5.41, 5.74) is 1.18. The maximum Gasteiger partial charge on any atom is 0.243 e. The number of hydrogen-bond donors (Lipinski definition) is 2. The number of carbonyl (C=O) groups excluding carboxylic acids is 1. The molecule has 0 atom stereocenters. The molecule has 0 unspecified atom stereocenters. The first-order valence-corrected chi connectivity index (χ1v) is 8.45. The van der Waals surface area contributed by atoms with Crippen molar-refractivity contribution in [3.63, 3.8) is 0 Å². The van der Waals surface area contributed by atoms with E-state index in [1.807, 2.05) is 19.1 Å². The minimum atomic E-state index is -0.210. The summed E-state index contributed by atoms with van der Waals surface area (Å²) in [4.78, 5) is 17.6. The summed E-state index contributed by atoms with van der Waals surface area (Å²) < 4.78 is 13.2. The Morgan fingerprint density at radius 2 is 1.92 bits per heavy atom. The van der Waals surface area contributed by atoms with E-state index in [4.69, 9.17) is 0 Å². The number of halogens is 1. The molecule has 0 saturated heterocycles. The van der Waals surface area contributed by atoms with Crippen LogP contribution in [0.2, 0.25) is 0 Å². The summed E-state index contributed by atoms with van der Waals surface area (Å²) >= 11 is 0. The number of carbonyl (C=O) groups is 1. The highest BCUT2D eigenvalue weighted by molar-refractivity contribution is 5.84. The predicted molar refractivity (Wildman–Crippen MR) is 94.6 cm³/mol. The van der Waals surface area contributed by atoms with Crippen molar-refractivity contribution in [3.05, 3.63) is 35.6 Å². The number of guanidine groups is 1. The van der Waals surface area contributed by atoms with Crippen LogP contribution < -0.4 is 10.6 Å². The smallest absolute Gasteiger partial charge is 0.243 e. The van der Waals surface area contributed by atoms with Gasteiger partial charge >= 0.3 is 0 Å². The van der Waals surface area contributed by atoms with Crippen LogP contribution in [0.1, 0.15) is 31.7 Å². The van der Waals surface area contributed by atoms with Gasteiger partial charge in [-0.25, -0.2) is 9.38 Å². The third-order valence-corrected chi connectivity index (χ3v) is 4.58. The average molecular weight is 334 g/mol. The van der Waals surface area contributed by atoms with Crippen LogP contribution in [0.3, 0.4) is 0 Å². The summed E-state index contributed by atoms with van der Waals surface area (Å²) in [6.07, 6.45) is 3.31. The average Bonchev–Trinajstić information content (AvgIpc) is 2.52. The SMILES string of the molecule is CCNC(=NCC(=O)N(C)C)NCC1(c2ccc(F)cc2)CCC1. The molecule has 0 aromatic heterocycles. The van der Waals surface area contributed by atoms with Gasteiger partial charge in [0.25, 0.3) is 0 Å². The van der Waals surface area contributed by atoms with E-state index < -0.39 is 0 Å². The standard InChI is InChI=1S/C18H27FN4O/c1-4-20-17(21-12-16(24)23(2)3)22-13-18(10-5-11-18)14-6-8-15(19)9-7-14/h6-9H,4-5,10-13H2,1-3H3,(H2,20,21,22). The molecule has 0 heterocycles. The molecule has 1 saturated carbocycles. The van der Waals surface area contributed by atoms with Gasteiger partial charge in [0.05, 0.1) is 0 Å². The van der Waals surface area contributed by atoms with E-state index in [9.17, 15) is 9.18 Å². The molecule has 1 amide bonds. The lowest BCUT2D eigenvalue weighted by Crippen LogP contribution is -2.49. The highest BCUT2D eigenvalue weighted by Gasteiger charge is 2.38. The minimum absolute atomic E-state index is 0.0233. The molecule has 1 aliphatic carbocycles. The Labute approximate surface area is 143 Å². The van der Waals surface area contributed by atoms with Crippen LogP contribution in [0.15, 0.2) is 29.3 Å². The molecule has 132 valence electrons. The normalized spacial score (nSPS) is 16.2. The number of likely N-dealkylation sites (N-methyl/N-ethyl adjacent to an activating group) is 1. The summed E-state index contributed by atoms with van der Waals surface area (Å²) in [5.74, 6) is 0.392. The van der Waals surface area contributed by atoms with E-state index in [0.29, 0.717) is 5.96 Å². The Kier molecular flexibility index (Phi) is 6.17. The lowest BCUT2D eigenvalue weighted by molar-refractivity contribution is -0.127. The highest BCUT2D eigenvalue weighted by atomic mass is 19.1. The number of rotatable bonds is 6. The van der Waals surface area contributed by atoms with Crippen LogP contribution >= 0.6 is 0 Å². The monoisotopic (exact) mass is 334 g/mol. The molecule has 1 fully saturated rings. The third-order valence-electron chi connectivity index (χ3n) is 4.58. The minimum Gasteiger partial charge on any atom is -0.357 e. The first-order valence-electron chi connectivity index (χ1n) is 8.45. The van der Waals surface area contributed by atoms with Crippen molar-refractivity contribution in [2.45, 2.75) is 31.6 Å². The predicted octanol–water partition coefficient (Wildman–Crippen LogP) is 1.89. The van der Waals surface area contributed by atoms with Crippen molar-refractivity contribution in [2.24, 2.45) is 4.99 Å². The highest BCUT2D eigenvalue weighted by Crippen LogP contribution is 2.43. The molecular weight excluding hydrogens is 307 g/mol. The van der Waals surface area contributed by atoms with Crippen LogP contribution in [0.5, 0.6) is 0 Å². The van der Waals surface area contributed by atoms with Crippen LogP contribution in [0.4, 0.5) is 4.39 Å². The van der Waals surface area contributed by atoms with Gasteiger partial charge in [0.2, 0.25) is 5.91 Å². The fourth-order valence-electron chi connectivity index (χ4n) is 2.86. The first-order chi connectivity index (χ1) is 11.5. The van der Waals surface area contributed by atoms with Crippen molar-refractivity contribution in [2.75, 3.05) is 33.7 Å². The Balaban J connectivity index is 2.02. The van der Waals surface area contributed by atoms with Gasteiger partial charge in [0, 0.05) is 32.6 Å². The molecule has 0 spiro atoms. The van der Waals surface area contributed by atoms with Crippen LogP contribution in [-0.2, 0) is 10.2 Å². The first kappa shape index (κ1) is 18.2. The second-order valence-corrected chi connectivity index (χ2v) is 6.48. The van der Waals surface area contributed by atoms with Gasteiger partial charge in [0.15, 0.2) is 5.96 Å². The van der Waals surface area contributed by atoms with Gasteiger partial charge < -0.3 is 15.5 Å². The van der Waals surface area contributed by atoms with Crippen molar-refractivity contribution in [3.8, 4) is 0 Å². The maximum absolute atomic E-state index is 13.2. The molecule has 2 N–H and O–H groups in total. The van der Waals surface area contributed by atoms with E-state index in [1.165, 1.54) is 23.5 Å². The van der Waals surface area contributed by atoms with Gasteiger partial charge in [-0.15, -0.1) is 0 Å². The molecule has 1 aliphatic rings. The summed E-state index contributed by atoms with van der Waals surface area (Å²) in [7, 11) is 3.44. The van der Waals surface area contributed by atoms with E-state index in [0.717, 1.165) is 31.5 Å². The second kappa shape index (κ2) is 8.13. The number of hydrogen-bond acceptors (Lipinski definition) is 2. The Hall–Kier alpha value is -2.11. The molecular formula is C18H27FN4O. The lowest BCUT2D eigenvalue weighted by atomic mass is 9.64. The number of aliphatic imine (C=N–C) groups is 1. The van der Waals surface area contributed by atoms with Gasteiger partial charge in [-0.1, -0.05) is 18.6 Å². The third kappa shape index (κ3) is 4.46. The second-order valence-electron chi connectivity index (χ2n) is 6.48. The van der Waals surface area contributed by atoms with E-state index in [1.54, 1.807) is 14.1 Å². The summed E-state index contributed by atoms with van der Waals surface area (Å²) in [6.45, 7) is 3.56. The topological polar surface area (TPSA) is 56.7 Å². The number of amides is 1. The van der Waals surface area contributed by atoms with E-state index in [-0.39, 0.29) is 23.7 Å². The molecule has 5 nitrogen and oxygen atoms in total. The van der Waals surface area contributed by atoms with E-state index in [2.05, 4.69) is 15.6 Å². The van der Waals surface area contributed by atoms with Gasteiger partial charge in [-0.05, 0) is 37.5 Å². The summed E-state index contributed by atoms with van der Waals surface area (Å²) in [6, 6.07) is 6.78. The summed E-state index contributed by atoms with van der Waals surface area (Å²) in [5, 5.41) is 6.51. The molecule has 0 radical (unpaired) electrons. The largest absolute Gasteiger partial charge is 0.357 e. The van der Waals surface area contributed by atoms with Crippen LogP contribution in [0, 0.1) is 5.82 Å². The molecule has 24 heavy (non-hydrogen) atoms. The van der Waals surface area contributed by atoms with Crippen molar-refractivity contribution in [1.82, 2.24) is 15.5 Å². The van der Waals surface area contributed by atoms with Gasteiger partial charge in [0.1, 0.15) is 12.4 Å². The number of benzene rings is 1. The lowest BCUT2D eigenvalue weighted by Gasteiger charge is -2.43. The van der Waals surface area contributed by atoms with Gasteiger partial charge in [-0.2, -0.15) is 0 Å². The fourth-order valence-corrected chi connectivity index (χ4v) is 2.86. The zero-order chi connectivity index (χ0) is 17.6. The quantitative estimate of drug-likeness (QED) is 0.617. The molecule has 6 heteroatoms. The van der Waals surface area contributed by atoms with Crippen molar-refractivity contribution < 1.29 is 9.18 Å². The van der Waals surface area contributed by atoms with E-state index >= 15 is 0 Å². The van der Waals surface area contributed by atoms with Crippen molar-refractivity contribution in [1.29, 1.82) is 0 Å². The molecule has 1 aromatic rings.